The second-order valence-corrected chi connectivity index (χ2v) is 5.36. The normalized spacial score (nSPS) is 11.0. The topological polar surface area (TPSA) is 42.7 Å². The summed E-state index contributed by atoms with van der Waals surface area (Å²) < 4.78 is 3.03. The van der Waals surface area contributed by atoms with E-state index >= 15 is 0 Å². The summed E-state index contributed by atoms with van der Waals surface area (Å²) in [5, 5.41) is 8.59. The van der Waals surface area contributed by atoms with Crippen LogP contribution in [0.4, 0.5) is 5.13 Å². The maximum Gasteiger partial charge on any atom is 0.184 e. The second-order valence-electron chi connectivity index (χ2n) is 4.32. The molecule has 0 amide bonds. The highest BCUT2D eigenvalue weighted by Gasteiger charge is 2.04. The Balaban J connectivity index is 1.78. The third-order valence-electron chi connectivity index (χ3n) is 2.73. The van der Waals surface area contributed by atoms with Crippen molar-refractivity contribution < 1.29 is 0 Å². The summed E-state index contributed by atoms with van der Waals surface area (Å²) in [5.74, 6) is 0. The molecule has 0 aliphatic rings. The first-order chi connectivity index (χ1) is 8.70. The quantitative estimate of drug-likeness (QED) is 0.785. The van der Waals surface area contributed by atoms with E-state index in [0.717, 1.165) is 16.3 Å². The summed E-state index contributed by atoms with van der Waals surface area (Å²) in [5.41, 5.74) is 3.34. The van der Waals surface area contributed by atoms with Crippen molar-refractivity contribution in [1.82, 2.24) is 14.8 Å². The molecule has 3 rings (SSSR count). The molecule has 1 aromatic carbocycles. The maximum atomic E-state index is 4.55. The van der Waals surface area contributed by atoms with Crippen molar-refractivity contribution in [3.8, 4) is 0 Å². The first-order valence-electron chi connectivity index (χ1n) is 5.80. The van der Waals surface area contributed by atoms with E-state index in [0.29, 0.717) is 6.54 Å². The second kappa shape index (κ2) is 4.42. The van der Waals surface area contributed by atoms with E-state index in [1.54, 1.807) is 16.0 Å². The maximum absolute atomic E-state index is 4.55. The molecular weight excluding hydrogens is 244 g/mol. The average Bonchev–Trinajstić information content (AvgIpc) is 2.92. The van der Waals surface area contributed by atoms with Crippen LogP contribution in [0.2, 0.25) is 0 Å². The first kappa shape index (κ1) is 11.2. The van der Waals surface area contributed by atoms with E-state index < -0.39 is 0 Å². The Bertz CT molecular complexity index is 683. The van der Waals surface area contributed by atoms with E-state index in [9.17, 15) is 0 Å². The largest absolute Gasteiger partial charge is 0.356 e. The standard InChI is InChI=1S/C13H14N4S/c1-9-3-4-11-12(7-9)18-13(15-11)14-8-10-5-6-17(2)16-10/h3-7H,8H2,1-2H3,(H,14,15). The van der Waals surface area contributed by atoms with Gasteiger partial charge in [-0.1, -0.05) is 17.4 Å². The van der Waals surface area contributed by atoms with E-state index in [1.165, 1.54) is 10.3 Å². The summed E-state index contributed by atoms with van der Waals surface area (Å²) in [6.07, 6.45) is 1.94. The van der Waals surface area contributed by atoms with Crippen LogP contribution in [0, 0.1) is 6.92 Å². The number of nitrogens with zero attached hydrogens (tertiary/aromatic N) is 3. The number of thiazole rings is 1. The highest BCUT2D eigenvalue weighted by atomic mass is 32.1. The summed E-state index contributed by atoms with van der Waals surface area (Å²) in [6.45, 7) is 2.81. The van der Waals surface area contributed by atoms with Gasteiger partial charge in [-0.2, -0.15) is 5.10 Å². The first-order valence-corrected chi connectivity index (χ1v) is 6.62. The Morgan fingerprint density at radius 2 is 2.22 bits per heavy atom. The van der Waals surface area contributed by atoms with Gasteiger partial charge in [0.15, 0.2) is 5.13 Å². The Morgan fingerprint density at radius 1 is 1.33 bits per heavy atom. The molecule has 0 aliphatic carbocycles. The summed E-state index contributed by atoms with van der Waals surface area (Å²) in [7, 11) is 1.92. The van der Waals surface area contributed by atoms with Gasteiger partial charge in [0.05, 0.1) is 22.5 Å². The van der Waals surface area contributed by atoms with Gasteiger partial charge in [-0.15, -0.1) is 0 Å². The Kier molecular flexibility index (Phi) is 2.76. The lowest BCUT2D eigenvalue weighted by Gasteiger charge is -1.97. The van der Waals surface area contributed by atoms with Crippen LogP contribution in [0.1, 0.15) is 11.3 Å². The predicted octanol–water partition coefficient (Wildman–Crippen LogP) is 2.95. The van der Waals surface area contributed by atoms with Crippen LogP contribution in [0.25, 0.3) is 10.2 Å². The number of hydrogen-bond acceptors (Lipinski definition) is 4. The third-order valence-corrected chi connectivity index (χ3v) is 3.71. The number of fused-ring (bicyclic) bond motifs is 1. The molecule has 5 heteroatoms. The van der Waals surface area contributed by atoms with Crippen molar-refractivity contribution in [1.29, 1.82) is 0 Å². The van der Waals surface area contributed by atoms with Gasteiger partial charge in [0.2, 0.25) is 0 Å². The van der Waals surface area contributed by atoms with Crippen molar-refractivity contribution in [3.63, 3.8) is 0 Å². The molecule has 0 atom stereocenters. The molecule has 0 radical (unpaired) electrons. The molecule has 18 heavy (non-hydrogen) atoms. The minimum atomic E-state index is 0.708. The number of nitrogens with one attached hydrogen (secondary N) is 1. The Hall–Kier alpha value is -1.88. The highest BCUT2D eigenvalue weighted by Crippen LogP contribution is 2.26. The van der Waals surface area contributed by atoms with Crippen LogP contribution in [0.5, 0.6) is 0 Å². The zero-order valence-corrected chi connectivity index (χ0v) is 11.2. The molecule has 0 aliphatic heterocycles. The fourth-order valence-corrected chi connectivity index (χ4v) is 2.79. The molecule has 3 aromatic rings. The molecule has 0 unspecified atom stereocenters. The van der Waals surface area contributed by atoms with Crippen LogP contribution < -0.4 is 5.32 Å². The molecule has 2 aromatic heterocycles. The van der Waals surface area contributed by atoms with Crippen LogP contribution in [0.3, 0.4) is 0 Å². The van der Waals surface area contributed by atoms with Crippen LogP contribution in [-0.4, -0.2) is 14.8 Å². The smallest absolute Gasteiger partial charge is 0.184 e. The summed E-state index contributed by atoms with van der Waals surface area (Å²) >= 11 is 1.68. The van der Waals surface area contributed by atoms with E-state index in [-0.39, 0.29) is 0 Å². The molecule has 1 N–H and O–H groups in total. The predicted molar refractivity (Wildman–Crippen MR) is 74.9 cm³/mol. The molecule has 0 saturated carbocycles. The monoisotopic (exact) mass is 258 g/mol. The minimum Gasteiger partial charge on any atom is -0.356 e. The minimum absolute atomic E-state index is 0.708. The number of anilines is 1. The Morgan fingerprint density at radius 3 is 3.00 bits per heavy atom. The molecule has 0 saturated heterocycles. The molecule has 2 heterocycles. The molecular formula is C13H14N4S. The molecule has 92 valence electrons. The van der Waals surface area contributed by atoms with Crippen LogP contribution >= 0.6 is 11.3 Å². The van der Waals surface area contributed by atoms with Crippen molar-refractivity contribution in [2.24, 2.45) is 7.05 Å². The Labute approximate surface area is 109 Å². The number of benzene rings is 1. The van der Waals surface area contributed by atoms with Crippen molar-refractivity contribution in [2.75, 3.05) is 5.32 Å². The van der Waals surface area contributed by atoms with Crippen LogP contribution in [0.15, 0.2) is 30.5 Å². The number of hydrogen-bond donors (Lipinski definition) is 1. The van der Waals surface area contributed by atoms with Gasteiger partial charge in [-0.05, 0) is 30.7 Å². The molecule has 4 nitrogen and oxygen atoms in total. The van der Waals surface area contributed by atoms with Gasteiger partial charge >= 0.3 is 0 Å². The van der Waals surface area contributed by atoms with Crippen LogP contribution in [-0.2, 0) is 13.6 Å². The van der Waals surface area contributed by atoms with Gasteiger partial charge in [-0.25, -0.2) is 4.98 Å². The lowest BCUT2D eigenvalue weighted by atomic mass is 10.2. The zero-order valence-electron chi connectivity index (χ0n) is 10.3. The van der Waals surface area contributed by atoms with Gasteiger partial charge < -0.3 is 5.32 Å². The molecule has 0 bridgehead atoms. The average molecular weight is 258 g/mol. The van der Waals surface area contributed by atoms with Crippen molar-refractivity contribution >= 4 is 26.7 Å². The van der Waals surface area contributed by atoms with Crippen molar-refractivity contribution in [3.05, 3.63) is 41.7 Å². The number of aromatic nitrogens is 3. The van der Waals surface area contributed by atoms with E-state index in [2.05, 4.69) is 40.5 Å². The lowest BCUT2D eigenvalue weighted by Crippen LogP contribution is -2.00. The van der Waals surface area contributed by atoms with E-state index in [1.807, 2.05) is 19.3 Å². The highest BCUT2D eigenvalue weighted by molar-refractivity contribution is 7.22. The van der Waals surface area contributed by atoms with Gasteiger partial charge in [0.25, 0.3) is 0 Å². The van der Waals surface area contributed by atoms with Crippen molar-refractivity contribution in [2.45, 2.75) is 13.5 Å². The fourth-order valence-electron chi connectivity index (χ4n) is 1.83. The lowest BCUT2D eigenvalue weighted by molar-refractivity contribution is 0.747. The number of rotatable bonds is 3. The SMILES string of the molecule is Cc1ccc2nc(NCc3ccn(C)n3)sc2c1. The molecule has 0 spiro atoms. The zero-order chi connectivity index (χ0) is 12.5. The van der Waals surface area contributed by atoms with E-state index in [4.69, 9.17) is 0 Å². The summed E-state index contributed by atoms with van der Waals surface area (Å²) in [6, 6.07) is 8.32. The summed E-state index contributed by atoms with van der Waals surface area (Å²) in [4.78, 5) is 4.55. The van der Waals surface area contributed by atoms with Gasteiger partial charge in [0, 0.05) is 13.2 Å². The fraction of sp³-hybridized carbons (Fsp3) is 0.231. The number of aryl methyl sites for hydroxylation is 2. The third kappa shape index (κ3) is 2.22. The van der Waals surface area contributed by atoms with Gasteiger partial charge in [0.1, 0.15) is 0 Å². The molecule has 0 fully saturated rings. The van der Waals surface area contributed by atoms with Gasteiger partial charge in [-0.3, -0.25) is 4.68 Å².